The maximum atomic E-state index is 5.88. The zero-order valence-electron chi connectivity index (χ0n) is 9.54. The Morgan fingerprint density at radius 1 is 1.31 bits per heavy atom. The molecule has 2 nitrogen and oxygen atoms in total. The minimum Gasteiger partial charge on any atom is -0.497 e. The lowest BCUT2D eigenvalue weighted by Gasteiger charge is -2.12. The van der Waals surface area contributed by atoms with Crippen LogP contribution in [0.3, 0.4) is 0 Å². The van der Waals surface area contributed by atoms with E-state index in [2.05, 4.69) is 15.9 Å². The summed E-state index contributed by atoms with van der Waals surface area (Å²) in [7, 11) is 1.69. The van der Waals surface area contributed by atoms with Crippen molar-refractivity contribution in [2.45, 2.75) is 38.4 Å². The average molecular weight is 285 g/mol. The molecule has 0 amide bonds. The summed E-state index contributed by atoms with van der Waals surface area (Å²) in [5, 5.41) is 0. The number of hydrogen-bond donors (Lipinski definition) is 0. The van der Waals surface area contributed by atoms with E-state index in [9.17, 15) is 0 Å². The van der Waals surface area contributed by atoms with Gasteiger partial charge in [0.15, 0.2) is 0 Å². The van der Waals surface area contributed by atoms with Crippen LogP contribution in [0, 0.1) is 0 Å². The van der Waals surface area contributed by atoms with Crippen LogP contribution in [0.1, 0.15) is 31.2 Å². The fourth-order valence-electron chi connectivity index (χ4n) is 2.05. The van der Waals surface area contributed by atoms with Crippen molar-refractivity contribution < 1.29 is 9.47 Å². The van der Waals surface area contributed by atoms with Crippen LogP contribution in [0.25, 0.3) is 0 Å². The lowest BCUT2D eigenvalue weighted by atomic mass is 10.2. The van der Waals surface area contributed by atoms with Gasteiger partial charge in [0.1, 0.15) is 5.75 Å². The van der Waals surface area contributed by atoms with E-state index >= 15 is 0 Å². The van der Waals surface area contributed by atoms with Gasteiger partial charge in [0.25, 0.3) is 0 Å². The summed E-state index contributed by atoms with van der Waals surface area (Å²) in [5.41, 5.74) is 1.16. The standard InChI is InChI=1S/C13H17BrO2/c1-15-12-6-7-13(14)10(8-12)9-16-11-4-2-3-5-11/h6-8,11H,2-5,9H2,1H3. The monoisotopic (exact) mass is 284 g/mol. The summed E-state index contributed by atoms with van der Waals surface area (Å²) in [4.78, 5) is 0. The first-order valence-corrected chi connectivity index (χ1v) is 6.53. The number of benzene rings is 1. The van der Waals surface area contributed by atoms with Gasteiger partial charge >= 0.3 is 0 Å². The van der Waals surface area contributed by atoms with Crippen molar-refractivity contribution in [2.24, 2.45) is 0 Å². The zero-order valence-corrected chi connectivity index (χ0v) is 11.1. The summed E-state index contributed by atoms with van der Waals surface area (Å²) in [6.07, 6.45) is 5.50. The first-order valence-electron chi connectivity index (χ1n) is 5.73. The van der Waals surface area contributed by atoms with Gasteiger partial charge in [-0.05, 0) is 36.6 Å². The molecule has 88 valence electrons. The third kappa shape index (κ3) is 2.98. The van der Waals surface area contributed by atoms with Crippen molar-refractivity contribution >= 4 is 15.9 Å². The van der Waals surface area contributed by atoms with E-state index in [-0.39, 0.29) is 0 Å². The molecule has 1 aromatic carbocycles. The minimum atomic E-state index is 0.457. The molecule has 0 N–H and O–H groups in total. The molecule has 16 heavy (non-hydrogen) atoms. The Kier molecular flexibility index (Phi) is 4.24. The second-order valence-electron chi connectivity index (χ2n) is 4.17. The Labute approximate surface area is 105 Å². The molecule has 0 aliphatic heterocycles. The topological polar surface area (TPSA) is 18.5 Å². The van der Waals surface area contributed by atoms with Crippen molar-refractivity contribution in [3.8, 4) is 5.75 Å². The molecule has 1 saturated carbocycles. The van der Waals surface area contributed by atoms with Gasteiger partial charge in [-0.3, -0.25) is 0 Å². The van der Waals surface area contributed by atoms with Crippen LogP contribution < -0.4 is 4.74 Å². The van der Waals surface area contributed by atoms with E-state index in [4.69, 9.17) is 9.47 Å². The van der Waals surface area contributed by atoms with E-state index in [1.165, 1.54) is 25.7 Å². The van der Waals surface area contributed by atoms with Crippen molar-refractivity contribution in [3.05, 3.63) is 28.2 Å². The van der Waals surface area contributed by atoms with Crippen molar-refractivity contribution in [1.29, 1.82) is 0 Å². The van der Waals surface area contributed by atoms with Crippen molar-refractivity contribution in [1.82, 2.24) is 0 Å². The SMILES string of the molecule is COc1ccc(Br)c(COC2CCCC2)c1. The first kappa shape index (κ1) is 11.9. The highest BCUT2D eigenvalue weighted by atomic mass is 79.9. The van der Waals surface area contributed by atoms with Gasteiger partial charge in [0.05, 0.1) is 19.8 Å². The van der Waals surface area contributed by atoms with E-state index in [0.29, 0.717) is 12.7 Å². The number of hydrogen-bond acceptors (Lipinski definition) is 2. The van der Waals surface area contributed by atoms with E-state index in [0.717, 1.165) is 15.8 Å². The molecule has 0 bridgehead atoms. The number of ether oxygens (including phenoxy) is 2. The van der Waals surface area contributed by atoms with Gasteiger partial charge in [-0.2, -0.15) is 0 Å². The van der Waals surface area contributed by atoms with Gasteiger partial charge in [0.2, 0.25) is 0 Å². The summed E-state index contributed by atoms with van der Waals surface area (Å²) >= 11 is 3.53. The van der Waals surface area contributed by atoms with Crippen LogP contribution >= 0.6 is 15.9 Å². The highest BCUT2D eigenvalue weighted by molar-refractivity contribution is 9.10. The maximum absolute atomic E-state index is 5.88. The number of methoxy groups -OCH3 is 1. The number of halogens is 1. The largest absolute Gasteiger partial charge is 0.497 e. The zero-order chi connectivity index (χ0) is 11.4. The highest BCUT2D eigenvalue weighted by Crippen LogP contribution is 2.26. The van der Waals surface area contributed by atoms with Crippen LogP contribution in [0.4, 0.5) is 0 Å². The molecule has 0 aromatic heterocycles. The van der Waals surface area contributed by atoms with E-state index in [1.54, 1.807) is 7.11 Å². The van der Waals surface area contributed by atoms with Crippen LogP contribution in [-0.4, -0.2) is 13.2 Å². The lowest BCUT2D eigenvalue weighted by Crippen LogP contribution is -2.07. The smallest absolute Gasteiger partial charge is 0.119 e. The molecule has 0 spiro atoms. The first-order chi connectivity index (χ1) is 7.79. The fraction of sp³-hybridized carbons (Fsp3) is 0.538. The molecule has 2 rings (SSSR count). The molecule has 0 saturated heterocycles. The molecule has 3 heteroatoms. The van der Waals surface area contributed by atoms with Crippen LogP contribution in [0.2, 0.25) is 0 Å². The molecule has 0 radical (unpaired) electrons. The summed E-state index contributed by atoms with van der Waals surface area (Å²) in [5.74, 6) is 0.883. The Morgan fingerprint density at radius 2 is 2.06 bits per heavy atom. The van der Waals surface area contributed by atoms with Crippen LogP contribution in [0.15, 0.2) is 22.7 Å². The van der Waals surface area contributed by atoms with Gasteiger partial charge in [-0.25, -0.2) is 0 Å². The summed E-state index contributed by atoms with van der Waals surface area (Å²) in [6, 6.07) is 5.98. The van der Waals surface area contributed by atoms with Crippen LogP contribution in [0.5, 0.6) is 5.75 Å². The Bertz CT molecular complexity index is 346. The molecule has 0 atom stereocenters. The summed E-state index contributed by atoms with van der Waals surface area (Å²) in [6.45, 7) is 0.669. The van der Waals surface area contributed by atoms with Crippen LogP contribution in [-0.2, 0) is 11.3 Å². The van der Waals surface area contributed by atoms with Gasteiger partial charge in [-0.15, -0.1) is 0 Å². The second kappa shape index (κ2) is 5.69. The Hall–Kier alpha value is -0.540. The Balaban J connectivity index is 1.96. The normalized spacial score (nSPS) is 16.6. The molecule has 1 aliphatic rings. The Morgan fingerprint density at radius 3 is 2.75 bits per heavy atom. The minimum absolute atomic E-state index is 0.457. The maximum Gasteiger partial charge on any atom is 0.119 e. The average Bonchev–Trinajstić information content (AvgIpc) is 2.81. The molecule has 1 aliphatic carbocycles. The van der Waals surface area contributed by atoms with Crippen molar-refractivity contribution in [3.63, 3.8) is 0 Å². The predicted molar refractivity (Wildman–Crippen MR) is 67.7 cm³/mol. The number of rotatable bonds is 4. The van der Waals surface area contributed by atoms with Gasteiger partial charge in [0, 0.05) is 4.47 Å². The summed E-state index contributed by atoms with van der Waals surface area (Å²) < 4.78 is 12.2. The van der Waals surface area contributed by atoms with E-state index < -0.39 is 0 Å². The fourth-order valence-corrected chi connectivity index (χ4v) is 2.41. The van der Waals surface area contributed by atoms with E-state index in [1.807, 2.05) is 18.2 Å². The third-order valence-corrected chi connectivity index (χ3v) is 3.80. The highest BCUT2D eigenvalue weighted by Gasteiger charge is 2.15. The molecular formula is C13H17BrO2. The van der Waals surface area contributed by atoms with Gasteiger partial charge in [-0.1, -0.05) is 28.8 Å². The molecule has 1 fully saturated rings. The molecule has 0 heterocycles. The van der Waals surface area contributed by atoms with Gasteiger partial charge < -0.3 is 9.47 Å². The van der Waals surface area contributed by atoms with Crippen molar-refractivity contribution in [2.75, 3.05) is 7.11 Å². The third-order valence-electron chi connectivity index (χ3n) is 3.03. The predicted octanol–water partition coefficient (Wildman–Crippen LogP) is 3.92. The molecule has 0 unspecified atom stereocenters. The second-order valence-corrected chi connectivity index (χ2v) is 5.03. The quantitative estimate of drug-likeness (QED) is 0.834. The molecule has 1 aromatic rings. The molecular weight excluding hydrogens is 268 g/mol. The lowest BCUT2D eigenvalue weighted by molar-refractivity contribution is 0.0453.